The van der Waals surface area contributed by atoms with Crippen LogP contribution in [0.5, 0.6) is 0 Å². The molecule has 1 heterocycles. The van der Waals surface area contributed by atoms with Gasteiger partial charge < -0.3 is 0 Å². The average molecular weight is 248 g/mol. The maximum Gasteiger partial charge on any atom is 0.0656 e. The molecule has 0 radical (unpaired) electrons. The fourth-order valence-corrected chi connectivity index (χ4v) is 3.79. The highest BCUT2D eigenvalue weighted by Gasteiger charge is 2.46. The second kappa shape index (κ2) is 4.40. The van der Waals surface area contributed by atoms with E-state index in [4.69, 9.17) is 5.10 Å². The molecule has 0 fully saturated rings. The Labute approximate surface area is 112 Å². The van der Waals surface area contributed by atoms with Crippen molar-refractivity contribution in [1.82, 2.24) is 9.78 Å². The number of nitrogens with zero attached hydrogens (tertiary/aromatic N) is 2. The van der Waals surface area contributed by atoms with Crippen LogP contribution in [-0.4, -0.2) is 9.78 Å². The molecule has 0 spiro atoms. The highest BCUT2D eigenvalue weighted by atomic mass is 15.3. The van der Waals surface area contributed by atoms with E-state index in [0.717, 1.165) is 18.9 Å². The molecular weight excluding hydrogens is 220 g/mol. The molecule has 1 aliphatic carbocycles. The Hall–Kier alpha value is -0.790. The quantitative estimate of drug-likeness (QED) is 0.771. The van der Waals surface area contributed by atoms with E-state index in [9.17, 15) is 0 Å². The van der Waals surface area contributed by atoms with Crippen molar-refractivity contribution < 1.29 is 0 Å². The predicted molar refractivity (Wildman–Crippen MR) is 76.7 cm³/mol. The Morgan fingerprint density at radius 3 is 2.56 bits per heavy atom. The van der Waals surface area contributed by atoms with E-state index in [1.165, 1.54) is 24.1 Å². The fraction of sp³-hybridized carbons (Fsp3) is 0.812. The Balaban J connectivity index is 2.38. The molecule has 1 atom stereocenters. The molecule has 1 unspecified atom stereocenters. The molecule has 0 bridgehead atoms. The SMILES string of the molecule is CCn1cc2c(n1)CCC(C(C)C)(C(C)(C)C)C2. The Morgan fingerprint density at radius 1 is 1.39 bits per heavy atom. The molecule has 1 aromatic heterocycles. The number of fused-ring (bicyclic) bond motifs is 1. The fourth-order valence-electron chi connectivity index (χ4n) is 3.79. The number of rotatable bonds is 2. The van der Waals surface area contributed by atoms with Crippen molar-refractivity contribution in [2.75, 3.05) is 0 Å². The summed E-state index contributed by atoms with van der Waals surface area (Å²) in [6, 6.07) is 0. The minimum atomic E-state index is 0.354. The van der Waals surface area contributed by atoms with Crippen LogP contribution < -0.4 is 0 Å². The zero-order chi connectivity index (χ0) is 13.6. The van der Waals surface area contributed by atoms with Gasteiger partial charge in [-0.05, 0) is 48.5 Å². The summed E-state index contributed by atoms with van der Waals surface area (Å²) in [6.45, 7) is 15.1. The van der Waals surface area contributed by atoms with Gasteiger partial charge in [-0.25, -0.2) is 0 Å². The van der Waals surface area contributed by atoms with E-state index in [-0.39, 0.29) is 0 Å². The lowest BCUT2D eigenvalue weighted by Gasteiger charge is -2.50. The lowest BCUT2D eigenvalue weighted by molar-refractivity contribution is 0.0147. The maximum atomic E-state index is 4.69. The lowest BCUT2D eigenvalue weighted by atomic mass is 9.54. The molecule has 0 N–H and O–H groups in total. The second-order valence-corrected chi connectivity index (χ2v) is 7.19. The Kier molecular flexibility index (Phi) is 3.33. The van der Waals surface area contributed by atoms with Crippen LogP contribution in [0.15, 0.2) is 6.20 Å². The van der Waals surface area contributed by atoms with Gasteiger partial charge in [-0.2, -0.15) is 5.10 Å². The minimum absolute atomic E-state index is 0.354. The summed E-state index contributed by atoms with van der Waals surface area (Å²) in [6.07, 6.45) is 5.90. The first-order valence-corrected chi connectivity index (χ1v) is 7.35. The van der Waals surface area contributed by atoms with E-state index in [0.29, 0.717) is 10.8 Å². The summed E-state index contributed by atoms with van der Waals surface area (Å²) in [7, 11) is 0. The molecule has 102 valence electrons. The van der Waals surface area contributed by atoms with Crippen molar-refractivity contribution in [3.05, 3.63) is 17.5 Å². The van der Waals surface area contributed by atoms with Crippen molar-refractivity contribution >= 4 is 0 Å². The van der Waals surface area contributed by atoms with Crippen LogP contribution in [0.25, 0.3) is 0 Å². The summed E-state index contributed by atoms with van der Waals surface area (Å²) in [5.74, 6) is 0.718. The van der Waals surface area contributed by atoms with Crippen LogP contribution in [0.4, 0.5) is 0 Å². The summed E-state index contributed by atoms with van der Waals surface area (Å²) in [5.41, 5.74) is 3.61. The minimum Gasteiger partial charge on any atom is -0.272 e. The van der Waals surface area contributed by atoms with E-state index in [1.807, 2.05) is 0 Å². The first-order valence-electron chi connectivity index (χ1n) is 7.35. The summed E-state index contributed by atoms with van der Waals surface area (Å²) in [4.78, 5) is 0. The van der Waals surface area contributed by atoms with Gasteiger partial charge in [-0.3, -0.25) is 4.68 Å². The van der Waals surface area contributed by atoms with Crippen LogP contribution in [-0.2, 0) is 19.4 Å². The van der Waals surface area contributed by atoms with E-state index in [1.54, 1.807) is 0 Å². The molecule has 0 amide bonds. The molecule has 1 aromatic rings. The third-order valence-electron chi connectivity index (χ3n) is 5.16. The summed E-state index contributed by atoms with van der Waals surface area (Å²) in [5, 5.41) is 4.69. The third-order valence-corrected chi connectivity index (χ3v) is 5.16. The molecule has 0 saturated carbocycles. The topological polar surface area (TPSA) is 17.8 Å². The van der Waals surface area contributed by atoms with Crippen molar-refractivity contribution in [2.45, 2.75) is 67.3 Å². The van der Waals surface area contributed by atoms with Crippen LogP contribution >= 0.6 is 0 Å². The highest BCUT2D eigenvalue weighted by molar-refractivity contribution is 5.24. The van der Waals surface area contributed by atoms with Crippen LogP contribution in [0.3, 0.4) is 0 Å². The number of hydrogen-bond donors (Lipinski definition) is 0. The van der Waals surface area contributed by atoms with Gasteiger partial charge in [0.1, 0.15) is 0 Å². The van der Waals surface area contributed by atoms with Gasteiger partial charge in [0.15, 0.2) is 0 Å². The van der Waals surface area contributed by atoms with Gasteiger partial charge in [0.25, 0.3) is 0 Å². The molecule has 2 rings (SSSR count). The first kappa shape index (κ1) is 13.6. The summed E-state index contributed by atoms with van der Waals surface area (Å²) < 4.78 is 2.10. The lowest BCUT2D eigenvalue weighted by Crippen LogP contribution is -2.44. The van der Waals surface area contributed by atoms with Gasteiger partial charge >= 0.3 is 0 Å². The van der Waals surface area contributed by atoms with Gasteiger partial charge in [0.2, 0.25) is 0 Å². The highest BCUT2D eigenvalue weighted by Crippen LogP contribution is 2.52. The molecule has 2 heteroatoms. The molecule has 0 aromatic carbocycles. The maximum absolute atomic E-state index is 4.69. The van der Waals surface area contributed by atoms with Crippen LogP contribution in [0.2, 0.25) is 0 Å². The molecule has 2 nitrogen and oxygen atoms in total. The molecular formula is C16H28N2. The smallest absolute Gasteiger partial charge is 0.0656 e. The first-order chi connectivity index (χ1) is 8.30. The molecule has 18 heavy (non-hydrogen) atoms. The number of aryl methyl sites for hydroxylation is 2. The van der Waals surface area contributed by atoms with E-state index < -0.39 is 0 Å². The zero-order valence-electron chi connectivity index (χ0n) is 12.9. The standard InChI is InChI=1S/C16H28N2/c1-7-18-11-13-10-16(12(2)3,15(4,5)6)9-8-14(13)17-18/h11-12H,7-10H2,1-6H3. The monoisotopic (exact) mass is 248 g/mol. The largest absolute Gasteiger partial charge is 0.272 e. The average Bonchev–Trinajstić information content (AvgIpc) is 2.68. The number of hydrogen-bond acceptors (Lipinski definition) is 1. The van der Waals surface area contributed by atoms with E-state index >= 15 is 0 Å². The molecule has 0 aliphatic heterocycles. The third kappa shape index (κ3) is 2.00. The number of aromatic nitrogens is 2. The van der Waals surface area contributed by atoms with E-state index in [2.05, 4.69) is 52.4 Å². The Morgan fingerprint density at radius 2 is 2.06 bits per heavy atom. The van der Waals surface area contributed by atoms with Gasteiger partial charge in [0.05, 0.1) is 5.69 Å². The molecule has 1 aliphatic rings. The van der Waals surface area contributed by atoms with Gasteiger partial charge in [-0.15, -0.1) is 0 Å². The van der Waals surface area contributed by atoms with Crippen LogP contribution in [0.1, 0.15) is 59.2 Å². The van der Waals surface area contributed by atoms with Gasteiger partial charge in [-0.1, -0.05) is 34.6 Å². The van der Waals surface area contributed by atoms with Crippen molar-refractivity contribution in [3.8, 4) is 0 Å². The van der Waals surface area contributed by atoms with Crippen molar-refractivity contribution in [1.29, 1.82) is 0 Å². The van der Waals surface area contributed by atoms with Crippen molar-refractivity contribution in [3.63, 3.8) is 0 Å². The van der Waals surface area contributed by atoms with Crippen LogP contribution in [0, 0.1) is 16.7 Å². The Bertz CT molecular complexity index is 423. The molecule has 0 saturated heterocycles. The summed E-state index contributed by atoms with van der Waals surface area (Å²) >= 11 is 0. The zero-order valence-corrected chi connectivity index (χ0v) is 12.9. The van der Waals surface area contributed by atoms with Gasteiger partial charge in [0, 0.05) is 12.7 Å². The second-order valence-electron chi connectivity index (χ2n) is 7.19. The normalized spacial score (nSPS) is 24.4. The predicted octanol–water partition coefficient (Wildman–Crippen LogP) is 4.08. The van der Waals surface area contributed by atoms with Crippen molar-refractivity contribution in [2.24, 2.45) is 16.7 Å².